The fraction of sp³-hybridized carbons (Fsp3) is 0.500. The van der Waals surface area contributed by atoms with Gasteiger partial charge in [-0.15, -0.1) is 0 Å². The van der Waals surface area contributed by atoms with Crippen molar-refractivity contribution in [2.45, 2.75) is 60.0 Å². The van der Waals surface area contributed by atoms with Crippen molar-refractivity contribution in [1.82, 2.24) is 10.3 Å². The highest BCUT2D eigenvalue weighted by Gasteiger charge is 2.30. The van der Waals surface area contributed by atoms with Gasteiger partial charge in [-0.05, 0) is 70.7 Å². The van der Waals surface area contributed by atoms with Crippen LogP contribution in [0, 0.1) is 12.8 Å². The van der Waals surface area contributed by atoms with E-state index in [0.717, 1.165) is 11.1 Å². The number of nitrogens with one attached hydrogen (secondary N) is 2. The number of esters is 2. The van der Waals surface area contributed by atoms with Crippen molar-refractivity contribution in [3.05, 3.63) is 39.9 Å². The molecule has 29 heavy (non-hydrogen) atoms. The van der Waals surface area contributed by atoms with Gasteiger partial charge in [0.05, 0.1) is 13.0 Å². The Hall–Kier alpha value is -2.83. The highest BCUT2D eigenvalue weighted by atomic mass is 16.6. The van der Waals surface area contributed by atoms with Gasteiger partial charge in [-0.25, -0.2) is 4.79 Å². The summed E-state index contributed by atoms with van der Waals surface area (Å²) in [6, 6.07) is 0. The van der Waals surface area contributed by atoms with Crippen LogP contribution in [0.25, 0.3) is 6.08 Å². The number of aromatic amines is 1. The first-order valence-electron chi connectivity index (χ1n) is 9.69. The zero-order valence-corrected chi connectivity index (χ0v) is 18.2. The normalized spacial score (nSPS) is 19.6. The zero-order chi connectivity index (χ0) is 21.9. The van der Waals surface area contributed by atoms with Crippen molar-refractivity contribution in [3.8, 4) is 0 Å². The molecule has 1 fully saturated rings. The van der Waals surface area contributed by atoms with E-state index in [1.165, 1.54) is 7.11 Å². The number of hydrogen-bond acceptors (Lipinski definition) is 5. The van der Waals surface area contributed by atoms with Crippen LogP contribution < -0.4 is 5.32 Å². The third-order valence-electron chi connectivity index (χ3n) is 4.86. The number of carbonyl (C=O) groups is 3. The van der Waals surface area contributed by atoms with Gasteiger partial charge in [-0.1, -0.05) is 6.08 Å². The first kappa shape index (κ1) is 22.5. The molecule has 0 spiro atoms. The molecule has 0 aliphatic carbocycles. The number of aromatic nitrogens is 1. The largest absolute Gasteiger partial charge is 0.469 e. The van der Waals surface area contributed by atoms with E-state index in [-0.39, 0.29) is 24.2 Å². The van der Waals surface area contributed by atoms with Crippen molar-refractivity contribution in [2.75, 3.05) is 7.11 Å². The molecule has 1 aliphatic heterocycles. The number of rotatable bonds is 5. The number of hydrogen-bond donors (Lipinski definition) is 2. The predicted octanol–water partition coefficient (Wildman–Crippen LogP) is 3.44. The quantitative estimate of drug-likeness (QED) is 0.736. The summed E-state index contributed by atoms with van der Waals surface area (Å²) < 4.78 is 10.3. The molecule has 1 aliphatic rings. The van der Waals surface area contributed by atoms with Crippen LogP contribution in [0.2, 0.25) is 0 Å². The number of amides is 1. The summed E-state index contributed by atoms with van der Waals surface area (Å²) in [5.74, 6) is -1.13. The van der Waals surface area contributed by atoms with E-state index in [1.54, 1.807) is 20.8 Å². The van der Waals surface area contributed by atoms with Gasteiger partial charge < -0.3 is 19.8 Å². The molecule has 158 valence electrons. The molecule has 0 unspecified atom stereocenters. The molecule has 0 bridgehead atoms. The topological polar surface area (TPSA) is 97.5 Å². The number of carbonyl (C=O) groups excluding carboxylic acids is 3. The van der Waals surface area contributed by atoms with Gasteiger partial charge in [-0.2, -0.15) is 0 Å². The number of H-pyrrole nitrogens is 1. The molecule has 1 aromatic heterocycles. The van der Waals surface area contributed by atoms with Crippen LogP contribution in [0.5, 0.6) is 0 Å². The van der Waals surface area contributed by atoms with Gasteiger partial charge in [0, 0.05) is 17.8 Å². The van der Waals surface area contributed by atoms with Crippen LogP contribution in [-0.2, 0) is 25.5 Å². The van der Waals surface area contributed by atoms with E-state index in [2.05, 4.69) is 10.3 Å². The number of methoxy groups -OCH3 is 1. The summed E-state index contributed by atoms with van der Waals surface area (Å²) in [6.07, 6.45) is 4.21. The monoisotopic (exact) mass is 402 g/mol. The van der Waals surface area contributed by atoms with E-state index in [4.69, 9.17) is 9.47 Å². The first-order valence-corrected chi connectivity index (χ1v) is 9.69. The Bertz CT molecular complexity index is 884. The summed E-state index contributed by atoms with van der Waals surface area (Å²) in [5.41, 5.74) is 3.48. The number of allylic oxidation sites excluding steroid dienone is 2. The minimum absolute atomic E-state index is 0.0631. The highest BCUT2D eigenvalue weighted by molar-refractivity contribution is 5.93. The van der Waals surface area contributed by atoms with E-state index in [1.807, 2.05) is 32.9 Å². The van der Waals surface area contributed by atoms with Crippen molar-refractivity contribution in [1.29, 1.82) is 0 Å². The van der Waals surface area contributed by atoms with E-state index >= 15 is 0 Å². The molecule has 0 saturated carbocycles. The number of ether oxygens (including phenoxy) is 2. The fourth-order valence-electron chi connectivity index (χ4n) is 3.30. The third kappa shape index (κ3) is 5.16. The lowest BCUT2D eigenvalue weighted by Gasteiger charge is -2.19. The minimum atomic E-state index is -0.651. The average molecular weight is 402 g/mol. The molecule has 2 N–H and O–H groups in total. The smallest absolute Gasteiger partial charge is 0.355 e. The van der Waals surface area contributed by atoms with Crippen LogP contribution in [-0.4, -0.2) is 35.5 Å². The highest BCUT2D eigenvalue weighted by Crippen LogP contribution is 2.30. The molecule has 1 aromatic rings. The molecule has 7 nitrogen and oxygen atoms in total. The van der Waals surface area contributed by atoms with Gasteiger partial charge in [0.2, 0.25) is 5.91 Å². The third-order valence-corrected chi connectivity index (χ3v) is 4.86. The Morgan fingerprint density at radius 3 is 2.45 bits per heavy atom. The average Bonchev–Trinajstić information content (AvgIpc) is 3.08. The molecule has 0 aromatic carbocycles. The van der Waals surface area contributed by atoms with Crippen molar-refractivity contribution >= 4 is 23.9 Å². The van der Waals surface area contributed by atoms with Crippen molar-refractivity contribution < 1.29 is 23.9 Å². The van der Waals surface area contributed by atoms with Gasteiger partial charge in [-0.3, -0.25) is 9.59 Å². The predicted molar refractivity (Wildman–Crippen MR) is 110 cm³/mol. The maximum atomic E-state index is 12.8. The standard InChI is InChI=1S/C22H30N2O5/c1-8-14-13(3)20(26)24-17(14)11-16-12(2)15(9-10-18(25)28-7)19(23-16)21(27)29-22(4,5)6/h8,11,13,23H,9-10H2,1-7H3,(H,24,26)/b14-8+,17-11-/t13-/m1/s1. The van der Waals surface area contributed by atoms with Crippen molar-refractivity contribution in [3.63, 3.8) is 0 Å². The molecule has 1 atom stereocenters. The second-order valence-corrected chi connectivity index (χ2v) is 8.11. The Morgan fingerprint density at radius 1 is 1.24 bits per heavy atom. The second kappa shape index (κ2) is 8.68. The van der Waals surface area contributed by atoms with E-state index in [9.17, 15) is 14.4 Å². The Kier molecular flexibility index (Phi) is 6.72. The van der Waals surface area contributed by atoms with Crippen LogP contribution in [0.15, 0.2) is 17.3 Å². The Balaban J connectivity index is 2.48. The molecule has 2 heterocycles. The zero-order valence-electron chi connectivity index (χ0n) is 18.2. The maximum Gasteiger partial charge on any atom is 0.355 e. The molecule has 7 heteroatoms. The van der Waals surface area contributed by atoms with E-state index < -0.39 is 11.6 Å². The molecule has 1 saturated heterocycles. The minimum Gasteiger partial charge on any atom is -0.469 e. The first-order chi connectivity index (χ1) is 13.5. The second-order valence-electron chi connectivity index (χ2n) is 8.11. The van der Waals surface area contributed by atoms with Gasteiger partial charge in [0.15, 0.2) is 0 Å². The van der Waals surface area contributed by atoms with Gasteiger partial charge in [0.1, 0.15) is 11.3 Å². The fourth-order valence-corrected chi connectivity index (χ4v) is 3.30. The molecule has 2 rings (SSSR count). The summed E-state index contributed by atoms with van der Waals surface area (Å²) in [4.78, 5) is 39.6. The molecular weight excluding hydrogens is 372 g/mol. The van der Waals surface area contributed by atoms with Gasteiger partial charge >= 0.3 is 11.9 Å². The molecule has 1 amide bonds. The molecule has 0 radical (unpaired) electrons. The van der Waals surface area contributed by atoms with E-state index in [0.29, 0.717) is 29.1 Å². The van der Waals surface area contributed by atoms with Crippen LogP contribution in [0.4, 0.5) is 0 Å². The van der Waals surface area contributed by atoms with Crippen molar-refractivity contribution in [2.24, 2.45) is 5.92 Å². The summed E-state index contributed by atoms with van der Waals surface area (Å²) in [7, 11) is 1.33. The lowest BCUT2D eigenvalue weighted by Crippen LogP contribution is -2.24. The van der Waals surface area contributed by atoms with Crippen LogP contribution in [0.3, 0.4) is 0 Å². The summed E-state index contributed by atoms with van der Waals surface area (Å²) in [5, 5.41) is 2.88. The Labute approximate surface area is 171 Å². The van der Waals surface area contributed by atoms with Gasteiger partial charge in [0.25, 0.3) is 0 Å². The molecular formula is C22H30N2O5. The van der Waals surface area contributed by atoms with Crippen LogP contribution >= 0.6 is 0 Å². The summed E-state index contributed by atoms with van der Waals surface area (Å²) >= 11 is 0. The maximum absolute atomic E-state index is 12.8. The summed E-state index contributed by atoms with van der Waals surface area (Å²) in [6.45, 7) is 11.0. The SMILES string of the molecule is C/C=C1/C(=C/c2[nH]c(C(=O)OC(C)(C)C)c(CCC(=O)OC)c2C)NC(=O)[C@@H]1C. The Morgan fingerprint density at radius 2 is 1.90 bits per heavy atom. The lowest BCUT2D eigenvalue weighted by molar-refractivity contribution is -0.140. The van der Waals surface area contributed by atoms with Crippen LogP contribution in [0.1, 0.15) is 68.3 Å². The lowest BCUT2D eigenvalue weighted by atomic mass is 10.0.